The number of nitrogens with one attached hydrogen (secondary N) is 1. The molecule has 3 rings (SSSR count). The summed E-state index contributed by atoms with van der Waals surface area (Å²) < 4.78 is 5.03. The topological polar surface area (TPSA) is 96.0 Å². The van der Waals surface area contributed by atoms with Gasteiger partial charge in [0, 0.05) is 5.69 Å². The van der Waals surface area contributed by atoms with E-state index in [1.165, 1.54) is 19.2 Å². The molecule has 0 spiro atoms. The lowest BCUT2D eigenvalue weighted by Crippen LogP contribution is -2.39. The van der Waals surface area contributed by atoms with Crippen LogP contribution in [0.5, 0.6) is 5.75 Å². The van der Waals surface area contributed by atoms with E-state index in [1.807, 2.05) is 19.1 Å². The van der Waals surface area contributed by atoms with Gasteiger partial charge in [-0.1, -0.05) is 19.1 Å². The Morgan fingerprint density at radius 3 is 2.18 bits per heavy atom. The monoisotopic (exact) mass is 381 g/mol. The number of nitrogens with zero attached hydrogens (tertiary/aromatic N) is 2. The minimum Gasteiger partial charge on any atom is -0.497 e. The summed E-state index contributed by atoms with van der Waals surface area (Å²) in [6.45, 7) is 1.47. The van der Waals surface area contributed by atoms with Crippen molar-refractivity contribution in [3.05, 3.63) is 54.1 Å². The maximum absolute atomic E-state index is 12.6. The summed E-state index contributed by atoms with van der Waals surface area (Å²) in [5.41, 5.74) is 1.88. The van der Waals surface area contributed by atoms with Crippen LogP contribution in [0.15, 0.2) is 48.5 Å². The summed E-state index contributed by atoms with van der Waals surface area (Å²) in [5, 5.41) is 2.61. The third-order valence-electron chi connectivity index (χ3n) is 4.33. The van der Waals surface area contributed by atoms with Gasteiger partial charge in [-0.3, -0.25) is 14.4 Å². The first-order valence-electron chi connectivity index (χ1n) is 8.67. The van der Waals surface area contributed by atoms with E-state index < -0.39 is 30.3 Å². The number of methoxy groups -OCH3 is 1. The van der Waals surface area contributed by atoms with Gasteiger partial charge in [0.1, 0.15) is 12.3 Å². The number of urea groups is 1. The first kappa shape index (κ1) is 19.1. The van der Waals surface area contributed by atoms with Crippen LogP contribution in [0.3, 0.4) is 0 Å². The predicted octanol–water partition coefficient (Wildman–Crippen LogP) is 2.19. The number of ether oxygens (including phenoxy) is 1. The Morgan fingerprint density at radius 2 is 1.61 bits per heavy atom. The standard InChI is InChI=1S/C20H19N3O5/c1-3-13-4-6-14(7-5-13)21-17(24)12-22-18(25)19(26)23(20(22)27)15-8-10-16(28-2)11-9-15/h4-11H,3,12H2,1-2H3,(H,21,24). The van der Waals surface area contributed by atoms with Crippen molar-refractivity contribution in [2.75, 3.05) is 23.9 Å². The van der Waals surface area contributed by atoms with Crippen LogP contribution in [-0.4, -0.2) is 42.3 Å². The second-order valence-corrected chi connectivity index (χ2v) is 6.11. The van der Waals surface area contributed by atoms with Gasteiger partial charge in [-0.2, -0.15) is 0 Å². The Labute approximate surface area is 161 Å². The van der Waals surface area contributed by atoms with Crippen LogP contribution in [0.2, 0.25) is 0 Å². The van der Waals surface area contributed by atoms with Crippen LogP contribution < -0.4 is 15.0 Å². The van der Waals surface area contributed by atoms with E-state index in [1.54, 1.807) is 24.3 Å². The molecule has 1 saturated heterocycles. The molecule has 1 aliphatic heterocycles. The molecule has 1 heterocycles. The fourth-order valence-electron chi connectivity index (χ4n) is 2.77. The average molecular weight is 381 g/mol. The van der Waals surface area contributed by atoms with Gasteiger partial charge in [0.25, 0.3) is 0 Å². The maximum atomic E-state index is 12.6. The van der Waals surface area contributed by atoms with Gasteiger partial charge >= 0.3 is 17.8 Å². The highest BCUT2D eigenvalue weighted by atomic mass is 16.5. The molecular formula is C20H19N3O5. The fourth-order valence-corrected chi connectivity index (χ4v) is 2.77. The summed E-state index contributed by atoms with van der Waals surface area (Å²) >= 11 is 0. The first-order valence-corrected chi connectivity index (χ1v) is 8.67. The summed E-state index contributed by atoms with van der Waals surface area (Å²) in [6, 6.07) is 12.5. The molecule has 8 nitrogen and oxygen atoms in total. The lowest BCUT2D eigenvalue weighted by Gasteiger charge is -2.15. The van der Waals surface area contributed by atoms with Crippen LogP contribution in [0.25, 0.3) is 0 Å². The SMILES string of the molecule is CCc1ccc(NC(=O)CN2C(=O)C(=O)N(c3ccc(OC)cc3)C2=O)cc1. The Hall–Kier alpha value is -3.68. The molecule has 0 atom stereocenters. The van der Waals surface area contributed by atoms with Gasteiger partial charge < -0.3 is 10.1 Å². The molecule has 0 aromatic heterocycles. The second-order valence-electron chi connectivity index (χ2n) is 6.11. The van der Waals surface area contributed by atoms with Crippen molar-refractivity contribution in [2.45, 2.75) is 13.3 Å². The Morgan fingerprint density at radius 1 is 0.964 bits per heavy atom. The van der Waals surface area contributed by atoms with Gasteiger partial charge in [-0.25, -0.2) is 14.6 Å². The Bertz CT molecular complexity index is 922. The van der Waals surface area contributed by atoms with Crippen LogP contribution >= 0.6 is 0 Å². The van der Waals surface area contributed by atoms with Crippen LogP contribution in [-0.2, 0) is 20.8 Å². The van der Waals surface area contributed by atoms with Crippen molar-refractivity contribution >= 4 is 35.1 Å². The normalized spacial score (nSPS) is 13.9. The van der Waals surface area contributed by atoms with Crippen LogP contribution in [0, 0.1) is 0 Å². The molecule has 0 aliphatic carbocycles. The molecule has 5 amide bonds. The quantitative estimate of drug-likeness (QED) is 0.611. The fraction of sp³-hybridized carbons (Fsp3) is 0.200. The van der Waals surface area contributed by atoms with Gasteiger partial charge in [0.2, 0.25) is 5.91 Å². The molecule has 1 aliphatic rings. The Balaban J connectivity index is 1.71. The number of amides is 5. The number of imide groups is 2. The first-order chi connectivity index (χ1) is 13.4. The van der Waals surface area contributed by atoms with Crippen molar-refractivity contribution in [3.63, 3.8) is 0 Å². The molecule has 0 unspecified atom stereocenters. The molecule has 1 fully saturated rings. The number of hydrogen-bond acceptors (Lipinski definition) is 5. The molecule has 2 aromatic carbocycles. The minimum absolute atomic E-state index is 0.224. The van der Waals surface area contributed by atoms with E-state index in [0.29, 0.717) is 16.3 Å². The van der Waals surface area contributed by atoms with Gasteiger partial charge in [0.15, 0.2) is 0 Å². The second kappa shape index (κ2) is 7.91. The highest BCUT2D eigenvalue weighted by Crippen LogP contribution is 2.24. The molecule has 28 heavy (non-hydrogen) atoms. The number of anilines is 2. The number of carbonyl (C=O) groups excluding carboxylic acids is 4. The molecule has 0 radical (unpaired) electrons. The number of carbonyl (C=O) groups is 4. The predicted molar refractivity (Wildman–Crippen MR) is 102 cm³/mol. The van der Waals surface area contributed by atoms with Crippen molar-refractivity contribution in [1.29, 1.82) is 0 Å². The third kappa shape index (κ3) is 3.71. The molecule has 0 bridgehead atoms. The summed E-state index contributed by atoms with van der Waals surface area (Å²) in [5.74, 6) is -2.08. The lowest BCUT2D eigenvalue weighted by molar-refractivity contribution is -0.140. The van der Waals surface area contributed by atoms with E-state index in [4.69, 9.17) is 4.74 Å². The number of benzene rings is 2. The van der Waals surface area contributed by atoms with E-state index in [-0.39, 0.29) is 5.69 Å². The van der Waals surface area contributed by atoms with Crippen molar-refractivity contribution < 1.29 is 23.9 Å². The smallest absolute Gasteiger partial charge is 0.339 e. The van der Waals surface area contributed by atoms with E-state index >= 15 is 0 Å². The molecule has 144 valence electrons. The van der Waals surface area contributed by atoms with Gasteiger partial charge in [0.05, 0.1) is 12.8 Å². The van der Waals surface area contributed by atoms with Crippen LogP contribution in [0.4, 0.5) is 16.2 Å². The summed E-state index contributed by atoms with van der Waals surface area (Å²) in [6.07, 6.45) is 0.869. The number of aryl methyl sites for hydroxylation is 1. The van der Waals surface area contributed by atoms with E-state index in [0.717, 1.165) is 16.9 Å². The van der Waals surface area contributed by atoms with Gasteiger partial charge in [-0.05, 0) is 48.4 Å². The molecule has 2 aromatic rings. The molecule has 0 saturated carbocycles. The zero-order valence-corrected chi connectivity index (χ0v) is 15.5. The van der Waals surface area contributed by atoms with Gasteiger partial charge in [-0.15, -0.1) is 0 Å². The zero-order chi connectivity index (χ0) is 20.3. The van der Waals surface area contributed by atoms with E-state index in [2.05, 4.69) is 5.32 Å². The zero-order valence-electron chi connectivity index (χ0n) is 15.5. The molecule has 8 heteroatoms. The van der Waals surface area contributed by atoms with E-state index in [9.17, 15) is 19.2 Å². The minimum atomic E-state index is -1.04. The largest absolute Gasteiger partial charge is 0.497 e. The average Bonchev–Trinajstić information content (AvgIpc) is 2.92. The summed E-state index contributed by atoms with van der Waals surface area (Å²) in [7, 11) is 1.49. The lowest BCUT2D eigenvalue weighted by atomic mass is 10.1. The van der Waals surface area contributed by atoms with Crippen molar-refractivity contribution in [1.82, 2.24) is 4.90 Å². The third-order valence-corrected chi connectivity index (χ3v) is 4.33. The molecule has 1 N–H and O–H groups in total. The highest BCUT2D eigenvalue weighted by Gasteiger charge is 2.46. The maximum Gasteiger partial charge on any atom is 0.339 e. The van der Waals surface area contributed by atoms with Crippen molar-refractivity contribution in [3.8, 4) is 5.75 Å². The molecular weight excluding hydrogens is 362 g/mol. The van der Waals surface area contributed by atoms with Crippen molar-refractivity contribution in [2.24, 2.45) is 0 Å². The number of rotatable bonds is 6. The van der Waals surface area contributed by atoms with Crippen LogP contribution in [0.1, 0.15) is 12.5 Å². The highest BCUT2D eigenvalue weighted by molar-refractivity contribution is 6.53. The Kier molecular flexibility index (Phi) is 5.39. The summed E-state index contributed by atoms with van der Waals surface area (Å²) in [4.78, 5) is 50.6. The number of hydrogen-bond donors (Lipinski definition) is 1.